The fraction of sp³-hybridized carbons (Fsp3) is 0.143. The van der Waals surface area contributed by atoms with Crippen molar-refractivity contribution >= 4 is 60.9 Å². The number of thiophene rings is 2. The molecule has 0 unspecified atom stereocenters. The Labute approximate surface area is 193 Å². The Hall–Kier alpha value is -2.53. The van der Waals surface area contributed by atoms with Gasteiger partial charge in [0, 0.05) is 45.3 Å². The van der Waals surface area contributed by atoms with Crippen LogP contribution in [0.5, 0.6) is 0 Å². The highest BCUT2D eigenvalue weighted by Crippen LogP contribution is 2.34. The molecule has 0 aromatic carbocycles. The van der Waals surface area contributed by atoms with E-state index >= 15 is 0 Å². The molecule has 5 heterocycles. The van der Waals surface area contributed by atoms with Crippen LogP contribution in [-0.4, -0.2) is 18.9 Å². The fourth-order valence-corrected chi connectivity index (χ4v) is 6.93. The second-order valence-corrected chi connectivity index (χ2v) is 10.4. The number of allylic oxidation sites excluding steroid dienone is 1. The second-order valence-electron chi connectivity index (χ2n) is 6.78. The van der Waals surface area contributed by atoms with Crippen LogP contribution < -0.4 is 11.1 Å². The van der Waals surface area contributed by atoms with Crippen molar-refractivity contribution in [2.45, 2.75) is 24.4 Å². The molecular formula is C21H16N4O2S4. The molecule has 31 heavy (non-hydrogen) atoms. The van der Waals surface area contributed by atoms with Crippen LogP contribution in [0.15, 0.2) is 61.7 Å². The number of thioether (sulfide) groups is 1. The third-order valence-electron chi connectivity index (χ3n) is 4.73. The summed E-state index contributed by atoms with van der Waals surface area (Å²) >= 11 is 5.93. The summed E-state index contributed by atoms with van der Waals surface area (Å²) in [7, 11) is 0. The summed E-state index contributed by atoms with van der Waals surface area (Å²) in [5.41, 5.74) is 2.30. The van der Waals surface area contributed by atoms with Gasteiger partial charge in [0.25, 0.3) is 11.1 Å². The van der Waals surface area contributed by atoms with Crippen LogP contribution in [0.4, 0.5) is 0 Å². The Kier molecular flexibility index (Phi) is 5.39. The smallest absolute Gasteiger partial charge is 0.263 e. The molecule has 0 spiro atoms. The van der Waals surface area contributed by atoms with Crippen molar-refractivity contribution in [3.05, 3.63) is 79.1 Å². The van der Waals surface area contributed by atoms with Crippen LogP contribution in [0.3, 0.4) is 0 Å². The molecule has 0 atom stereocenters. The maximum atomic E-state index is 13.4. The van der Waals surface area contributed by atoms with Crippen LogP contribution in [0.1, 0.15) is 11.4 Å². The standard InChI is InChI=1S/C21H16N4O2S4/c1-3-6-24-19(27)17-14(15-5-4-7-28-15)11-29-18(17)23-20(24)31-10-13-8-16(26)25-12(2)9-30-21(25)22-13/h3-5,7-9,11H,1,6,10H2,2H3. The van der Waals surface area contributed by atoms with Crippen LogP contribution in [-0.2, 0) is 12.3 Å². The van der Waals surface area contributed by atoms with E-state index < -0.39 is 0 Å². The summed E-state index contributed by atoms with van der Waals surface area (Å²) in [4.78, 5) is 37.6. The molecule has 5 rings (SSSR count). The topological polar surface area (TPSA) is 69.3 Å². The molecule has 6 nitrogen and oxygen atoms in total. The van der Waals surface area contributed by atoms with Gasteiger partial charge in [-0.1, -0.05) is 23.9 Å². The maximum absolute atomic E-state index is 13.4. The quantitative estimate of drug-likeness (QED) is 0.192. The van der Waals surface area contributed by atoms with Gasteiger partial charge in [-0.25, -0.2) is 9.97 Å². The molecule has 156 valence electrons. The molecule has 0 saturated carbocycles. The van der Waals surface area contributed by atoms with E-state index in [0.29, 0.717) is 38.3 Å². The predicted molar refractivity (Wildman–Crippen MR) is 131 cm³/mol. The SMILES string of the molecule is C=CCn1c(SCc2cc(=O)n3c(C)csc3n2)nc2scc(-c3cccs3)c2c1=O. The number of aryl methyl sites for hydroxylation is 1. The van der Waals surface area contributed by atoms with E-state index in [4.69, 9.17) is 4.98 Å². The van der Waals surface area contributed by atoms with E-state index in [0.717, 1.165) is 16.1 Å². The first-order chi connectivity index (χ1) is 15.1. The lowest BCUT2D eigenvalue weighted by Gasteiger charge is -2.10. The van der Waals surface area contributed by atoms with E-state index in [9.17, 15) is 9.59 Å². The Morgan fingerprint density at radius 3 is 2.84 bits per heavy atom. The molecule has 0 amide bonds. The summed E-state index contributed by atoms with van der Waals surface area (Å²) in [5.74, 6) is 0.445. The molecule has 0 aliphatic heterocycles. The van der Waals surface area contributed by atoms with E-state index in [1.807, 2.05) is 35.2 Å². The Morgan fingerprint density at radius 1 is 1.19 bits per heavy atom. The van der Waals surface area contributed by atoms with E-state index in [1.165, 1.54) is 34.4 Å². The van der Waals surface area contributed by atoms with Gasteiger partial charge in [-0.3, -0.25) is 18.6 Å². The van der Waals surface area contributed by atoms with Gasteiger partial charge < -0.3 is 0 Å². The lowest BCUT2D eigenvalue weighted by atomic mass is 10.2. The zero-order valence-corrected chi connectivity index (χ0v) is 19.7. The molecule has 0 aliphatic carbocycles. The number of aromatic nitrogens is 4. The van der Waals surface area contributed by atoms with E-state index in [2.05, 4.69) is 11.6 Å². The summed E-state index contributed by atoms with van der Waals surface area (Å²) < 4.78 is 3.25. The van der Waals surface area contributed by atoms with Gasteiger partial charge in [0.05, 0.1) is 11.1 Å². The van der Waals surface area contributed by atoms with Gasteiger partial charge in [0.1, 0.15) is 4.83 Å². The number of hydrogen-bond donors (Lipinski definition) is 0. The molecule has 0 fully saturated rings. The minimum Gasteiger partial charge on any atom is -0.283 e. The minimum atomic E-state index is -0.0925. The van der Waals surface area contributed by atoms with Gasteiger partial charge in [0.15, 0.2) is 10.1 Å². The summed E-state index contributed by atoms with van der Waals surface area (Å²) in [5, 5.41) is 7.15. The van der Waals surface area contributed by atoms with Crippen molar-refractivity contribution in [1.82, 2.24) is 18.9 Å². The van der Waals surface area contributed by atoms with Gasteiger partial charge in [0.2, 0.25) is 0 Å². The fourth-order valence-electron chi connectivity index (χ4n) is 3.33. The lowest BCUT2D eigenvalue weighted by Crippen LogP contribution is -2.22. The third kappa shape index (κ3) is 3.59. The highest BCUT2D eigenvalue weighted by atomic mass is 32.2. The van der Waals surface area contributed by atoms with Crippen LogP contribution in [0.2, 0.25) is 0 Å². The first-order valence-corrected chi connectivity index (χ1v) is 13.0. The number of fused-ring (bicyclic) bond motifs is 2. The van der Waals surface area contributed by atoms with Gasteiger partial charge in [-0.2, -0.15) is 0 Å². The van der Waals surface area contributed by atoms with Crippen molar-refractivity contribution in [3.8, 4) is 10.4 Å². The molecule has 0 bridgehead atoms. The highest BCUT2D eigenvalue weighted by Gasteiger charge is 2.18. The molecule has 10 heteroatoms. The monoisotopic (exact) mass is 484 g/mol. The maximum Gasteiger partial charge on any atom is 0.263 e. The first-order valence-electron chi connectivity index (χ1n) is 9.33. The molecule has 5 aromatic heterocycles. The molecule has 0 N–H and O–H groups in total. The summed E-state index contributed by atoms with van der Waals surface area (Å²) in [6, 6.07) is 5.54. The van der Waals surface area contributed by atoms with E-state index in [-0.39, 0.29) is 11.1 Å². The number of nitrogens with zero attached hydrogens (tertiary/aromatic N) is 4. The molecular weight excluding hydrogens is 469 g/mol. The lowest BCUT2D eigenvalue weighted by molar-refractivity contribution is 0.673. The van der Waals surface area contributed by atoms with Crippen molar-refractivity contribution in [2.75, 3.05) is 0 Å². The van der Waals surface area contributed by atoms with Crippen molar-refractivity contribution in [2.24, 2.45) is 0 Å². The van der Waals surface area contributed by atoms with Gasteiger partial charge in [-0.05, 0) is 18.4 Å². The van der Waals surface area contributed by atoms with Crippen LogP contribution >= 0.6 is 45.8 Å². The Morgan fingerprint density at radius 2 is 2.06 bits per heavy atom. The minimum absolute atomic E-state index is 0.0746. The number of hydrogen-bond acceptors (Lipinski definition) is 8. The molecule has 0 saturated heterocycles. The van der Waals surface area contributed by atoms with Crippen molar-refractivity contribution < 1.29 is 0 Å². The first kappa shape index (κ1) is 20.4. The summed E-state index contributed by atoms with van der Waals surface area (Å²) in [6.45, 7) is 6.05. The average molecular weight is 485 g/mol. The Bertz CT molecular complexity index is 1540. The van der Waals surface area contributed by atoms with Gasteiger partial charge in [-0.15, -0.1) is 40.6 Å². The largest absolute Gasteiger partial charge is 0.283 e. The zero-order valence-electron chi connectivity index (χ0n) is 16.4. The Balaban J connectivity index is 1.55. The molecule has 0 radical (unpaired) electrons. The number of thiazole rings is 1. The molecule has 5 aromatic rings. The second kappa shape index (κ2) is 8.19. The van der Waals surface area contributed by atoms with Crippen molar-refractivity contribution in [1.29, 1.82) is 0 Å². The average Bonchev–Trinajstić information content (AvgIpc) is 3.49. The third-order valence-corrected chi connectivity index (χ3v) is 8.46. The van der Waals surface area contributed by atoms with Gasteiger partial charge >= 0.3 is 0 Å². The normalized spacial score (nSPS) is 11.5. The zero-order chi connectivity index (χ0) is 21.5. The molecule has 0 aliphatic rings. The highest BCUT2D eigenvalue weighted by molar-refractivity contribution is 7.98. The summed E-state index contributed by atoms with van der Waals surface area (Å²) in [6.07, 6.45) is 1.70. The van der Waals surface area contributed by atoms with Crippen LogP contribution in [0.25, 0.3) is 25.6 Å². The predicted octanol–water partition coefficient (Wildman–Crippen LogP) is 5.04. The van der Waals surface area contributed by atoms with Crippen LogP contribution in [0, 0.1) is 6.92 Å². The number of rotatable bonds is 6. The van der Waals surface area contributed by atoms with E-state index in [1.54, 1.807) is 32.4 Å². The van der Waals surface area contributed by atoms with Crippen molar-refractivity contribution in [3.63, 3.8) is 0 Å².